The van der Waals surface area contributed by atoms with Gasteiger partial charge in [-0.25, -0.2) is 5.84 Å². The van der Waals surface area contributed by atoms with Gasteiger partial charge in [-0.2, -0.15) is 10.0 Å². The van der Waals surface area contributed by atoms with Gasteiger partial charge in [-0.3, -0.25) is 0 Å². The Balaban J connectivity index is -0.000000401. The van der Waals surface area contributed by atoms with Crippen LogP contribution >= 0.6 is 0 Å². The van der Waals surface area contributed by atoms with Crippen molar-refractivity contribution in [2.24, 2.45) is 27.7 Å². The number of nitroso groups, excluding NO2 is 1. The molecule has 1 rings (SSSR count). The molecule has 0 saturated carbocycles. The second-order valence-electron chi connectivity index (χ2n) is 5.55. The zero-order chi connectivity index (χ0) is 20.7. The zero-order valence-electron chi connectivity index (χ0n) is 16.2. The largest absolute Gasteiger partial charge is 1.00 e. The number of hydrazone groups is 1. The van der Waals surface area contributed by atoms with Crippen molar-refractivity contribution >= 4 is 12.3 Å². The molecule has 1 aliphatic rings. The number of hydrogen-bond donors (Lipinski definition) is 5. The van der Waals surface area contributed by atoms with Crippen molar-refractivity contribution in [2.75, 3.05) is 13.7 Å². The van der Waals surface area contributed by atoms with Gasteiger partial charge in [0.1, 0.15) is 24.2 Å². The van der Waals surface area contributed by atoms with Crippen LogP contribution in [-0.4, -0.2) is 65.5 Å². The Hall–Kier alpha value is -1.28. The second kappa shape index (κ2) is 18.1. The smallest absolute Gasteiger partial charge is 0.542 e. The van der Waals surface area contributed by atoms with Crippen LogP contribution in [0.15, 0.2) is 22.1 Å². The van der Waals surface area contributed by atoms with Crippen LogP contribution in [0.25, 0.3) is 0 Å². The summed E-state index contributed by atoms with van der Waals surface area (Å²) < 4.78 is 4.99. The topological polar surface area (TPSA) is 213 Å². The summed E-state index contributed by atoms with van der Waals surface area (Å²) in [4.78, 5) is 19.8. The van der Waals surface area contributed by atoms with Crippen molar-refractivity contribution in [2.45, 2.75) is 51.0 Å². The molecule has 0 amide bonds. The Kier molecular flexibility index (Phi) is 20.4. The van der Waals surface area contributed by atoms with Gasteiger partial charge in [-0.15, -0.1) is 0 Å². The maximum atomic E-state index is 10.5. The fourth-order valence-electron chi connectivity index (χ4n) is 1.56. The van der Waals surface area contributed by atoms with Crippen LogP contribution in [0.2, 0.25) is 0 Å². The van der Waals surface area contributed by atoms with Gasteiger partial charge in [0.25, 0.3) is 0 Å². The quantitative estimate of drug-likeness (QED) is 0.0711. The fraction of sp³-hybridized carbons (Fsp3) is 0.714. The van der Waals surface area contributed by atoms with Crippen LogP contribution in [-0.2, 0) is 9.53 Å². The first-order valence-corrected chi connectivity index (χ1v) is 7.76. The predicted octanol–water partition coefficient (Wildman–Crippen LogP) is -5.66. The number of nitrogens with zero attached hydrogens (tertiary/aromatic N) is 3. The molecule has 13 heteroatoms. The molecule has 0 aromatic rings. The molecule has 152 valence electrons. The predicted molar refractivity (Wildman–Crippen MR) is 93.8 cm³/mol. The average Bonchev–Trinajstić information content (AvgIpc) is 2.56. The molecule has 0 spiro atoms. The monoisotopic (exact) mass is 400 g/mol. The number of ether oxygens (including phenoxy) is 1. The molecule has 0 aliphatic carbocycles. The summed E-state index contributed by atoms with van der Waals surface area (Å²) in [5, 5.41) is 35.7. The number of carboxylic acids is 1. The molecular formula is C14H29N6NaO6. The SMILES string of the molecule is CC(C)N=O.CN(N)/C=N\N.NC1CC=C(C(=O)[O-])OC1C(O)CCO.[Na+]. The minimum atomic E-state index is -1.43. The molecular weight excluding hydrogens is 371 g/mol. The van der Waals surface area contributed by atoms with Gasteiger partial charge >= 0.3 is 29.6 Å². The molecule has 27 heavy (non-hydrogen) atoms. The zero-order valence-corrected chi connectivity index (χ0v) is 18.2. The Labute approximate surface area is 180 Å². The van der Waals surface area contributed by atoms with Gasteiger partial charge in [0.05, 0.1) is 12.1 Å². The van der Waals surface area contributed by atoms with Crippen molar-refractivity contribution < 1.29 is 54.4 Å². The third kappa shape index (κ3) is 16.6. The molecule has 0 aromatic carbocycles. The van der Waals surface area contributed by atoms with Gasteiger partial charge < -0.3 is 41.4 Å². The van der Waals surface area contributed by atoms with E-state index >= 15 is 0 Å². The summed E-state index contributed by atoms with van der Waals surface area (Å²) in [7, 11) is 1.64. The molecule has 3 unspecified atom stereocenters. The van der Waals surface area contributed by atoms with E-state index in [1.807, 2.05) is 0 Å². The Morgan fingerprint density at radius 1 is 1.56 bits per heavy atom. The van der Waals surface area contributed by atoms with E-state index in [1.165, 1.54) is 17.4 Å². The Bertz CT molecular complexity index is 463. The maximum absolute atomic E-state index is 10.5. The molecule has 1 aliphatic heterocycles. The number of carbonyl (C=O) groups excluding carboxylic acids is 1. The van der Waals surface area contributed by atoms with E-state index < -0.39 is 24.2 Å². The van der Waals surface area contributed by atoms with E-state index in [2.05, 4.69) is 16.1 Å². The first-order valence-electron chi connectivity index (χ1n) is 7.76. The van der Waals surface area contributed by atoms with Crippen molar-refractivity contribution in [3.8, 4) is 0 Å². The molecule has 0 fully saturated rings. The number of hydrogen-bond acceptors (Lipinski definition) is 11. The van der Waals surface area contributed by atoms with E-state index in [4.69, 9.17) is 21.4 Å². The van der Waals surface area contributed by atoms with E-state index in [-0.39, 0.29) is 54.4 Å². The molecule has 0 bridgehead atoms. The summed E-state index contributed by atoms with van der Waals surface area (Å²) in [6, 6.07) is -0.523. The minimum Gasteiger partial charge on any atom is -0.542 e. The number of nitrogens with two attached hydrogens (primary N) is 3. The van der Waals surface area contributed by atoms with Crippen molar-refractivity contribution in [1.29, 1.82) is 0 Å². The fourth-order valence-corrected chi connectivity index (χ4v) is 1.56. The second-order valence-corrected chi connectivity index (χ2v) is 5.55. The van der Waals surface area contributed by atoms with Crippen molar-refractivity contribution in [1.82, 2.24) is 5.01 Å². The number of rotatable bonds is 6. The van der Waals surface area contributed by atoms with Crippen LogP contribution in [0.5, 0.6) is 0 Å². The summed E-state index contributed by atoms with van der Waals surface area (Å²) in [5.41, 5.74) is 5.65. The molecule has 12 nitrogen and oxygen atoms in total. The standard InChI is InChI=1S/C9H15NO5.C3H7NO.C2H8N4.Na/c10-5-1-2-7(9(13)14)15-8(5)6(12)3-4-11;1-3(2)4-5;1-6(4)2-5-3;/h2,5-6,8,11-12H,1,3-4,10H2,(H,13,14);3H,1-2H3;2H,3-4H2,1H3;/q;;;+1/p-1/b;;5-2-;. The number of carboxylic acid groups (broad SMARTS) is 1. The van der Waals surface area contributed by atoms with Gasteiger partial charge in [0.2, 0.25) is 0 Å². The number of aliphatic hydroxyl groups is 2. The van der Waals surface area contributed by atoms with Crippen molar-refractivity contribution in [3.63, 3.8) is 0 Å². The molecule has 0 radical (unpaired) electrons. The van der Waals surface area contributed by atoms with Gasteiger partial charge in [0, 0.05) is 26.1 Å². The van der Waals surface area contributed by atoms with E-state index in [9.17, 15) is 19.9 Å². The summed E-state index contributed by atoms with van der Waals surface area (Å²) in [6.45, 7) is 3.28. The summed E-state index contributed by atoms with van der Waals surface area (Å²) in [6.07, 6.45) is 1.24. The van der Waals surface area contributed by atoms with Gasteiger partial charge in [-0.05, 0) is 26.3 Å². The summed E-state index contributed by atoms with van der Waals surface area (Å²) >= 11 is 0. The molecule has 8 N–H and O–H groups in total. The number of carbonyl (C=O) groups is 1. The van der Waals surface area contributed by atoms with Crippen LogP contribution in [0.3, 0.4) is 0 Å². The van der Waals surface area contributed by atoms with Crippen LogP contribution in [0.1, 0.15) is 26.7 Å². The molecule has 0 saturated heterocycles. The maximum Gasteiger partial charge on any atom is 1.00 e. The number of hydrazine groups is 1. The van der Waals surface area contributed by atoms with E-state index in [0.29, 0.717) is 6.42 Å². The Morgan fingerprint density at radius 2 is 2.07 bits per heavy atom. The minimum absolute atomic E-state index is 0. The third-order valence-corrected chi connectivity index (χ3v) is 2.73. The van der Waals surface area contributed by atoms with Crippen LogP contribution in [0, 0.1) is 4.91 Å². The molecule has 0 aromatic heterocycles. The van der Waals surface area contributed by atoms with Crippen LogP contribution in [0.4, 0.5) is 0 Å². The van der Waals surface area contributed by atoms with Gasteiger partial charge in [0.15, 0.2) is 0 Å². The first kappa shape index (κ1) is 30.4. The van der Waals surface area contributed by atoms with E-state index in [1.54, 1.807) is 20.9 Å². The Morgan fingerprint density at radius 3 is 2.37 bits per heavy atom. The number of aliphatic carboxylic acids is 1. The number of aliphatic hydroxyl groups excluding tert-OH is 2. The van der Waals surface area contributed by atoms with Gasteiger partial charge in [-0.1, -0.05) is 5.18 Å². The average molecular weight is 400 g/mol. The normalized spacial score (nSPS) is 19.2. The summed E-state index contributed by atoms with van der Waals surface area (Å²) in [5.74, 6) is 7.95. The van der Waals surface area contributed by atoms with Crippen molar-refractivity contribution in [3.05, 3.63) is 16.7 Å². The van der Waals surface area contributed by atoms with E-state index in [0.717, 1.165) is 0 Å². The van der Waals surface area contributed by atoms with Crippen LogP contribution < -0.4 is 52.1 Å². The molecule has 1 heterocycles. The molecule has 3 atom stereocenters. The first-order chi connectivity index (χ1) is 12.1. The third-order valence-electron chi connectivity index (χ3n) is 2.73.